The number of nitrogens with zero attached hydrogens (tertiary/aromatic N) is 3. The van der Waals surface area contributed by atoms with Crippen molar-refractivity contribution in [2.24, 2.45) is 0 Å². The zero-order valence-corrected chi connectivity index (χ0v) is 15.8. The molecule has 0 amide bonds. The average molecular weight is 390 g/mol. The van der Waals surface area contributed by atoms with Crippen LogP contribution in [0.4, 0.5) is 10.2 Å². The third-order valence-corrected chi connectivity index (χ3v) is 4.78. The fourth-order valence-corrected chi connectivity index (χ4v) is 3.25. The highest BCUT2D eigenvalue weighted by molar-refractivity contribution is 5.45. The molecule has 2 aromatic heterocycles. The Morgan fingerprint density at radius 2 is 1.83 bits per heavy atom. The van der Waals surface area contributed by atoms with Gasteiger partial charge >= 0.3 is 0 Å². The maximum Gasteiger partial charge on any atom is 0.237 e. The Balaban J connectivity index is 1.34. The van der Waals surface area contributed by atoms with Gasteiger partial charge in [0.05, 0.1) is 5.56 Å². The summed E-state index contributed by atoms with van der Waals surface area (Å²) in [4.78, 5) is 6.72. The summed E-state index contributed by atoms with van der Waals surface area (Å²) in [5, 5.41) is 9.41. The summed E-state index contributed by atoms with van der Waals surface area (Å²) in [6.45, 7) is 1.61. The van der Waals surface area contributed by atoms with E-state index in [1.54, 1.807) is 36.7 Å². The molecule has 1 aromatic carbocycles. The van der Waals surface area contributed by atoms with Crippen LogP contribution < -0.4 is 14.4 Å². The van der Waals surface area contributed by atoms with Crippen molar-refractivity contribution < 1.29 is 19.1 Å². The molecular weight excluding hydrogens is 369 g/mol. The molecule has 0 aliphatic carbocycles. The molecular formula is C23H21FN3O2+. The van der Waals surface area contributed by atoms with Crippen LogP contribution in [0.15, 0.2) is 67.1 Å². The molecule has 0 spiro atoms. The van der Waals surface area contributed by atoms with Crippen molar-refractivity contribution in [2.75, 3.05) is 18.0 Å². The van der Waals surface area contributed by atoms with Crippen LogP contribution in [0.25, 0.3) is 0 Å². The van der Waals surface area contributed by atoms with Gasteiger partial charge in [-0.3, -0.25) is 5.21 Å². The SMILES string of the molecule is O[n+]1cccc(C#Cc2ccc(N3CCC(Oc4ccccc4F)CC3)nc2)c1. The van der Waals surface area contributed by atoms with Gasteiger partial charge in [-0.1, -0.05) is 24.0 Å². The van der Waals surface area contributed by atoms with Gasteiger partial charge in [0.2, 0.25) is 12.4 Å². The minimum atomic E-state index is -0.322. The van der Waals surface area contributed by atoms with Crippen LogP contribution in [0.5, 0.6) is 5.75 Å². The second kappa shape index (κ2) is 8.61. The fraction of sp³-hybridized carbons (Fsp3) is 0.217. The number of aromatic nitrogens is 2. The predicted octanol–water partition coefficient (Wildman–Crippen LogP) is 3.19. The molecule has 0 radical (unpaired) electrons. The van der Waals surface area contributed by atoms with E-state index < -0.39 is 0 Å². The lowest BCUT2D eigenvalue weighted by molar-refractivity contribution is -0.904. The quantitative estimate of drug-likeness (QED) is 0.424. The third kappa shape index (κ3) is 4.82. The molecule has 1 saturated heterocycles. The summed E-state index contributed by atoms with van der Waals surface area (Å²) in [6, 6.07) is 14.0. The Bertz CT molecular complexity index is 1040. The monoisotopic (exact) mass is 390 g/mol. The lowest BCUT2D eigenvalue weighted by Crippen LogP contribution is -2.38. The van der Waals surface area contributed by atoms with E-state index in [1.807, 2.05) is 18.2 Å². The minimum Gasteiger partial charge on any atom is -0.487 e. The molecule has 0 saturated carbocycles. The first-order valence-corrected chi connectivity index (χ1v) is 9.52. The topological polar surface area (TPSA) is 49.5 Å². The van der Waals surface area contributed by atoms with Gasteiger partial charge in [-0.2, -0.15) is 0 Å². The van der Waals surface area contributed by atoms with E-state index in [0.29, 0.717) is 5.75 Å². The number of anilines is 1. The molecule has 1 aliphatic heterocycles. The lowest BCUT2D eigenvalue weighted by Gasteiger charge is -2.33. The molecule has 0 bridgehead atoms. The summed E-state index contributed by atoms with van der Waals surface area (Å²) in [5.74, 6) is 6.94. The van der Waals surface area contributed by atoms with E-state index >= 15 is 0 Å². The van der Waals surface area contributed by atoms with E-state index in [2.05, 4.69) is 21.7 Å². The summed E-state index contributed by atoms with van der Waals surface area (Å²) < 4.78 is 20.5. The largest absolute Gasteiger partial charge is 0.487 e. The summed E-state index contributed by atoms with van der Waals surface area (Å²) >= 11 is 0. The van der Waals surface area contributed by atoms with Crippen molar-refractivity contribution in [3.63, 3.8) is 0 Å². The number of rotatable bonds is 3. The van der Waals surface area contributed by atoms with Gasteiger partial charge in [-0.25, -0.2) is 9.37 Å². The number of ether oxygens (including phenoxy) is 1. The second-order valence-corrected chi connectivity index (χ2v) is 6.86. The maximum atomic E-state index is 13.7. The number of para-hydroxylation sites is 1. The number of piperidine rings is 1. The standard InChI is InChI=1S/C23H21FN3O2/c24-21-5-1-2-6-22(21)29-20-11-14-26(15-12-20)23-10-9-18(16-25-23)7-8-19-4-3-13-27(28)17-19/h1-6,9-10,13,16-17,20,28H,11-12,14-15H2/q+1. The van der Waals surface area contributed by atoms with Gasteiger partial charge in [0.15, 0.2) is 11.6 Å². The van der Waals surface area contributed by atoms with E-state index in [9.17, 15) is 9.60 Å². The Labute approximate surface area is 169 Å². The number of benzene rings is 1. The molecule has 3 aromatic rings. The van der Waals surface area contributed by atoms with E-state index in [0.717, 1.165) is 47.6 Å². The van der Waals surface area contributed by atoms with Crippen LogP contribution in [0.2, 0.25) is 0 Å². The number of halogens is 1. The highest BCUT2D eigenvalue weighted by Crippen LogP contribution is 2.23. The van der Waals surface area contributed by atoms with Crippen LogP contribution in [0, 0.1) is 17.7 Å². The number of hydrogen-bond donors (Lipinski definition) is 1. The second-order valence-electron chi connectivity index (χ2n) is 6.86. The summed E-state index contributed by atoms with van der Waals surface area (Å²) in [6.07, 6.45) is 6.46. The molecule has 1 aliphatic rings. The predicted molar refractivity (Wildman–Crippen MR) is 106 cm³/mol. The molecule has 5 nitrogen and oxygen atoms in total. The summed E-state index contributed by atoms with van der Waals surface area (Å²) in [5.41, 5.74) is 1.52. The summed E-state index contributed by atoms with van der Waals surface area (Å²) in [7, 11) is 0. The van der Waals surface area contributed by atoms with Crippen LogP contribution in [0.1, 0.15) is 24.0 Å². The molecule has 0 unspecified atom stereocenters. The van der Waals surface area contributed by atoms with E-state index in [4.69, 9.17) is 4.74 Å². The highest BCUT2D eigenvalue weighted by atomic mass is 19.1. The minimum absolute atomic E-state index is 0.00782. The molecule has 29 heavy (non-hydrogen) atoms. The third-order valence-electron chi connectivity index (χ3n) is 4.78. The van der Waals surface area contributed by atoms with Gasteiger partial charge in [0.25, 0.3) is 0 Å². The van der Waals surface area contributed by atoms with Crippen molar-refractivity contribution in [1.29, 1.82) is 0 Å². The van der Waals surface area contributed by atoms with Crippen molar-refractivity contribution in [1.82, 2.24) is 4.98 Å². The molecule has 3 heterocycles. The van der Waals surface area contributed by atoms with Crippen LogP contribution in [-0.2, 0) is 0 Å². The fourth-order valence-electron chi connectivity index (χ4n) is 3.25. The smallest absolute Gasteiger partial charge is 0.237 e. The Hall–Kier alpha value is -3.59. The van der Waals surface area contributed by atoms with Crippen molar-refractivity contribution in [3.05, 3.63) is 84.1 Å². The Morgan fingerprint density at radius 3 is 2.55 bits per heavy atom. The zero-order valence-electron chi connectivity index (χ0n) is 15.8. The van der Waals surface area contributed by atoms with Gasteiger partial charge in [0, 0.05) is 48.5 Å². The molecule has 4 rings (SSSR count). The number of pyridine rings is 2. The number of hydrogen-bond acceptors (Lipinski definition) is 4. The Morgan fingerprint density at radius 1 is 1.03 bits per heavy atom. The first-order valence-electron chi connectivity index (χ1n) is 9.52. The zero-order chi connectivity index (χ0) is 20.1. The Kier molecular flexibility index (Phi) is 5.57. The van der Waals surface area contributed by atoms with Gasteiger partial charge in [-0.15, -0.1) is 0 Å². The van der Waals surface area contributed by atoms with Crippen molar-refractivity contribution >= 4 is 5.82 Å². The van der Waals surface area contributed by atoms with Crippen molar-refractivity contribution in [2.45, 2.75) is 18.9 Å². The highest BCUT2D eigenvalue weighted by Gasteiger charge is 2.22. The van der Waals surface area contributed by atoms with Crippen LogP contribution in [0.3, 0.4) is 0 Å². The van der Waals surface area contributed by atoms with Crippen LogP contribution in [-0.4, -0.2) is 29.4 Å². The van der Waals surface area contributed by atoms with E-state index in [-0.39, 0.29) is 11.9 Å². The molecule has 6 heteroatoms. The van der Waals surface area contributed by atoms with Crippen LogP contribution >= 0.6 is 0 Å². The molecule has 146 valence electrons. The normalized spacial score (nSPS) is 14.2. The van der Waals surface area contributed by atoms with Gasteiger partial charge < -0.3 is 9.64 Å². The molecule has 0 atom stereocenters. The van der Waals surface area contributed by atoms with E-state index in [1.165, 1.54) is 12.3 Å². The van der Waals surface area contributed by atoms with Crippen molar-refractivity contribution in [3.8, 4) is 17.6 Å². The maximum absolute atomic E-state index is 13.7. The first kappa shape index (κ1) is 18.8. The average Bonchev–Trinajstić information content (AvgIpc) is 2.75. The van der Waals surface area contributed by atoms with Gasteiger partial charge in [-0.05, 0) is 30.3 Å². The molecule has 1 N–H and O–H groups in total. The lowest BCUT2D eigenvalue weighted by atomic mass is 10.1. The molecule has 1 fully saturated rings. The first-order chi connectivity index (χ1) is 14.2. The van der Waals surface area contributed by atoms with Gasteiger partial charge in [0.1, 0.15) is 11.9 Å².